The standard InChI is InChI=1S/C7H11NO/c1-4-6(9)7(2,3)5-8/h4,6,9H,1H2,2-3H3. The van der Waals surface area contributed by atoms with Crippen molar-refractivity contribution in [2.24, 2.45) is 5.41 Å². The number of aliphatic hydroxyl groups is 1. The Balaban J connectivity index is 4.17. The number of nitrogens with zero attached hydrogens (tertiary/aromatic N) is 1. The summed E-state index contributed by atoms with van der Waals surface area (Å²) in [6.45, 7) is 6.71. The summed E-state index contributed by atoms with van der Waals surface area (Å²) in [6.07, 6.45) is 0.631. The zero-order chi connectivity index (χ0) is 7.49. The molecule has 0 saturated carbocycles. The number of aliphatic hydroxyl groups excluding tert-OH is 1. The fraction of sp³-hybridized carbons (Fsp3) is 0.571. The van der Waals surface area contributed by atoms with Gasteiger partial charge in [-0.1, -0.05) is 6.08 Å². The molecule has 1 atom stereocenters. The van der Waals surface area contributed by atoms with E-state index in [9.17, 15) is 0 Å². The number of hydrogen-bond acceptors (Lipinski definition) is 2. The lowest BCUT2D eigenvalue weighted by molar-refractivity contribution is 0.131. The Hall–Kier alpha value is -0.810. The monoisotopic (exact) mass is 125 g/mol. The van der Waals surface area contributed by atoms with Crippen LogP contribution in [0.5, 0.6) is 0 Å². The minimum atomic E-state index is -0.734. The van der Waals surface area contributed by atoms with Crippen LogP contribution in [0.2, 0.25) is 0 Å². The van der Waals surface area contributed by atoms with Crippen molar-refractivity contribution in [3.63, 3.8) is 0 Å². The van der Waals surface area contributed by atoms with Crippen LogP contribution in [-0.4, -0.2) is 11.2 Å². The predicted octanol–water partition coefficient (Wildman–Crippen LogP) is 1.08. The van der Waals surface area contributed by atoms with Crippen molar-refractivity contribution in [2.75, 3.05) is 0 Å². The van der Waals surface area contributed by atoms with Gasteiger partial charge in [-0.05, 0) is 13.8 Å². The van der Waals surface area contributed by atoms with Gasteiger partial charge in [-0.3, -0.25) is 0 Å². The van der Waals surface area contributed by atoms with Gasteiger partial charge in [0.15, 0.2) is 0 Å². The SMILES string of the molecule is C=CC(O)C(C)(C)C#N. The van der Waals surface area contributed by atoms with E-state index in [1.165, 1.54) is 6.08 Å². The van der Waals surface area contributed by atoms with Crippen molar-refractivity contribution >= 4 is 0 Å². The molecule has 0 aromatic rings. The third-order valence-electron chi connectivity index (χ3n) is 1.25. The molecular weight excluding hydrogens is 114 g/mol. The van der Waals surface area contributed by atoms with Crippen LogP contribution in [0.3, 0.4) is 0 Å². The topological polar surface area (TPSA) is 44.0 Å². The smallest absolute Gasteiger partial charge is 0.0899 e. The van der Waals surface area contributed by atoms with Gasteiger partial charge in [-0.2, -0.15) is 5.26 Å². The van der Waals surface area contributed by atoms with Crippen LogP contribution in [0, 0.1) is 16.7 Å². The van der Waals surface area contributed by atoms with Gasteiger partial charge in [0.2, 0.25) is 0 Å². The molecule has 1 unspecified atom stereocenters. The van der Waals surface area contributed by atoms with Crippen molar-refractivity contribution in [1.29, 1.82) is 5.26 Å². The molecule has 1 N–H and O–H groups in total. The van der Waals surface area contributed by atoms with E-state index < -0.39 is 11.5 Å². The third kappa shape index (κ3) is 1.87. The summed E-state index contributed by atoms with van der Waals surface area (Å²) in [4.78, 5) is 0. The van der Waals surface area contributed by atoms with Crippen molar-refractivity contribution in [3.05, 3.63) is 12.7 Å². The van der Waals surface area contributed by atoms with Gasteiger partial charge >= 0.3 is 0 Å². The highest BCUT2D eigenvalue weighted by Crippen LogP contribution is 2.18. The van der Waals surface area contributed by atoms with E-state index in [1.54, 1.807) is 13.8 Å². The molecule has 0 fully saturated rings. The van der Waals surface area contributed by atoms with E-state index in [-0.39, 0.29) is 0 Å². The van der Waals surface area contributed by atoms with Crippen LogP contribution >= 0.6 is 0 Å². The summed E-state index contributed by atoms with van der Waals surface area (Å²) in [6, 6.07) is 1.97. The molecule has 0 heterocycles. The van der Waals surface area contributed by atoms with Crippen LogP contribution in [0.25, 0.3) is 0 Å². The van der Waals surface area contributed by atoms with Gasteiger partial charge in [-0.15, -0.1) is 6.58 Å². The molecule has 0 bridgehead atoms. The summed E-state index contributed by atoms with van der Waals surface area (Å²) in [5.74, 6) is 0. The average Bonchev–Trinajstić information content (AvgIpc) is 1.86. The zero-order valence-corrected chi connectivity index (χ0v) is 5.76. The van der Waals surface area contributed by atoms with Crippen LogP contribution in [0.15, 0.2) is 12.7 Å². The molecule has 0 aliphatic rings. The van der Waals surface area contributed by atoms with Crippen molar-refractivity contribution in [1.82, 2.24) is 0 Å². The first-order valence-corrected chi connectivity index (χ1v) is 2.76. The molecule has 0 aromatic carbocycles. The maximum absolute atomic E-state index is 9.05. The van der Waals surface area contributed by atoms with Crippen molar-refractivity contribution < 1.29 is 5.11 Å². The van der Waals surface area contributed by atoms with Gasteiger partial charge in [0.25, 0.3) is 0 Å². The molecule has 0 aromatic heterocycles. The second-order valence-corrected chi connectivity index (χ2v) is 2.51. The second kappa shape index (κ2) is 2.65. The lowest BCUT2D eigenvalue weighted by Gasteiger charge is -2.18. The quantitative estimate of drug-likeness (QED) is 0.561. The fourth-order valence-electron chi connectivity index (χ4n) is 0.361. The molecule has 2 heteroatoms. The highest BCUT2D eigenvalue weighted by molar-refractivity contribution is 5.03. The van der Waals surface area contributed by atoms with Crippen LogP contribution in [0.4, 0.5) is 0 Å². The highest BCUT2D eigenvalue weighted by atomic mass is 16.3. The summed E-state index contributed by atoms with van der Waals surface area (Å²) >= 11 is 0. The van der Waals surface area contributed by atoms with Gasteiger partial charge in [0.05, 0.1) is 17.6 Å². The molecule has 0 amide bonds. The number of nitriles is 1. The molecule has 0 aliphatic carbocycles. The Kier molecular flexibility index (Phi) is 2.41. The highest BCUT2D eigenvalue weighted by Gasteiger charge is 2.24. The third-order valence-corrected chi connectivity index (χ3v) is 1.25. The van der Waals surface area contributed by atoms with Gasteiger partial charge in [-0.25, -0.2) is 0 Å². The van der Waals surface area contributed by atoms with Gasteiger partial charge in [0.1, 0.15) is 0 Å². The first kappa shape index (κ1) is 8.19. The Morgan fingerprint density at radius 2 is 2.22 bits per heavy atom. The number of hydrogen-bond donors (Lipinski definition) is 1. The largest absolute Gasteiger partial charge is 0.387 e. The lowest BCUT2D eigenvalue weighted by Crippen LogP contribution is -2.24. The normalized spacial score (nSPS) is 14.0. The Bertz CT molecular complexity index is 143. The molecule has 2 nitrogen and oxygen atoms in total. The van der Waals surface area contributed by atoms with Crippen molar-refractivity contribution in [2.45, 2.75) is 20.0 Å². The zero-order valence-electron chi connectivity index (χ0n) is 5.76. The van der Waals surface area contributed by atoms with E-state index in [1.807, 2.05) is 6.07 Å². The maximum Gasteiger partial charge on any atom is 0.0899 e. The van der Waals surface area contributed by atoms with E-state index in [0.29, 0.717) is 0 Å². The molecule has 9 heavy (non-hydrogen) atoms. The van der Waals surface area contributed by atoms with Crippen LogP contribution in [-0.2, 0) is 0 Å². The van der Waals surface area contributed by atoms with Gasteiger partial charge < -0.3 is 5.11 Å². The molecule has 0 radical (unpaired) electrons. The molecule has 0 spiro atoms. The number of rotatable bonds is 2. The van der Waals surface area contributed by atoms with E-state index in [4.69, 9.17) is 10.4 Å². The average molecular weight is 125 g/mol. The molecule has 0 aliphatic heterocycles. The summed E-state index contributed by atoms with van der Waals surface area (Å²) in [5.41, 5.74) is -0.707. The summed E-state index contributed by atoms with van der Waals surface area (Å²) in [7, 11) is 0. The maximum atomic E-state index is 9.05. The predicted molar refractivity (Wildman–Crippen MR) is 35.6 cm³/mol. The summed E-state index contributed by atoms with van der Waals surface area (Å²) < 4.78 is 0. The minimum absolute atomic E-state index is 0.707. The molecule has 50 valence electrons. The Labute approximate surface area is 55.4 Å². The van der Waals surface area contributed by atoms with Crippen LogP contribution in [0.1, 0.15) is 13.8 Å². The lowest BCUT2D eigenvalue weighted by atomic mass is 9.89. The molecule has 0 rings (SSSR count). The first-order valence-electron chi connectivity index (χ1n) is 2.76. The van der Waals surface area contributed by atoms with E-state index >= 15 is 0 Å². The fourth-order valence-corrected chi connectivity index (χ4v) is 0.361. The Morgan fingerprint density at radius 3 is 2.33 bits per heavy atom. The molecule has 0 saturated heterocycles. The van der Waals surface area contributed by atoms with Crippen LogP contribution < -0.4 is 0 Å². The molecular formula is C7H11NO. The van der Waals surface area contributed by atoms with Gasteiger partial charge in [0, 0.05) is 0 Å². The minimum Gasteiger partial charge on any atom is -0.387 e. The Morgan fingerprint density at radius 1 is 1.78 bits per heavy atom. The van der Waals surface area contributed by atoms with E-state index in [2.05, 4.69) is 6.58 Å². The first-order chi connectivity index (χ1) is 4.04. The van der Waals surface area contributed by atoms with Crippen molar-refractivity contribution in [3.8, 4) is 6.07 Å². The van der Waals surface area contributed by atoms with E-state index in [0.717, 1.165) is 0 Å². The second-order valence-electron chi connectivity index (χ2n) is 2.51. The summed E-state index contributed by atoms with van der Waals surface area (Å²) in [5, 5.41) is 17.5.